The predicted octanol–water partition coefficient (Wildman–Crippen LogP) is 3.33. The number of aryl methyl sites for hydroxylation is 1. The maximum absolute atomic E-state index is 13.5. The second-order valence-electron chi connectivity index (χ2n) is 10.1. The number of ether oxygens (including phenoxy) is 1. The van der Waals surface area contributed by atoms with E-state index in [0.29, 0.717) is 24.9 Å². The molecule has 9 heteroatoms. The summed E-state index contributed by atoms with van der Waals surface area (Å²) in [5.41, 5.74) is 8.52. The Morgan fingerprint density at radius 1 is 1.31 bits per heavy atom. The van der Waals surface area contributed by atoms with E-state index in [-0.39, 0.29) is 36.8 Å². The number of anilines is 1. The molecule has 2 heterocycles. The average molecular weight is 491 g/mol. The van der Waals surface area contributed by atoms with Gasteiger partial charge in [0.25, 0.3) is 0 Å². The molecular weight excluding hydrogens is 452 g/mol. The first-order chi connectivity index (χ1) is 16.6. The number of nitrogens with zero attached hydrogens (tertiary/aromatic N) is 3. The standard InChI is InChI=1S/C26H37F2N5O2/c1-16-4-5-22-19(12-16)13-21(25(34)31-17(2)29)24(32-22)33-11-8-18(23(15-33)35-3)14-30-20-6-9-26(27,28)10-7-20/h4-5,12-13,17-18,20,23,30H,6-11,14-15,29H2,1-3H3,(H,31,34)/p+1/t17?,18-,23-/m0/s1. The van der Waals surface area contributed by atoms with Crippen LogP contribution in [0.2, 0.25) is 0 Å². The molecule has 0 radical (unpaired) electrons. The summed E-state index contributed by atoms with van der Waals surface area (Å²) in [7, 11) is 1.72. The zero-order valence-corrected chi connectivity index (χ0v) is 20.9. The second-order valence-corrected chi connectivity index (χ2v) is 10.1. The third-order valence-corrected chi connectivity index (χ3v) is 7.22. The average Bonchev–Trinajstić information content (AvgIpc) is 2.82. The number of aromatic nitrogens is 1. The van der Waals surface area contributed by atoms with Gasteiger partial charge in [-0.2, -0.15) is 4.99 Å². The van der Waals surface area contributed by atoms with Crippen LogP contribution in [0.3, 0.4) is 0 Å². The summed E-state index contributed by atoms with van der Waals surface area (Å²) in [6.45, 7) is 5.92. The number of pyridine rings is 1. The van der Waals surface area contributed by atoms with E-state index in [1.165, 1.54) is 0 Å². The summed E-state index contributed by atoms with van der Waals surface area (Å²) in [4.78, 5) is 11.4. The number of fused-ring (bicyclic) bond motifs is 1. The van der Waals surface area contributed by atoms with E-state index in [4.69, 9.17) is 20.6 Å². The van der Waals surface area contributed by atoms with E-state index in [0.717, 1.165) is 41.8 Å². The van der Waals surface area contributed by atoms with Gasteiger partial charge in [-0.1, -0.05) is 11.6 Å². The highest BCUT2D eigenvalue weighted by atomic mass is 19.3. The largest absolute Gasteiger partial charge is 0.578 e. The van der Waals surface area contributed by atoms with Gasteiger partial charge in [0.2, 0.25) is 5.92 Å². The van der Waals surface area contributed by atoms with Crippen LogP contribution in [0.15, 0.2) is 29.3 Å². The normalized spacial score (nSPS) is 24.6. The molecule has 1 aliphatic carbocycles. The molecule has 192 valence electrons. The Kier molecular flexibility index (Phi) is 7.88. The van der Waals surface area contributed by atoms with Gasteiger partial charge in [-0.25, -0.2) is 13.8 Å². The first-order valence-corrected chi connectivity index (χ1v) is 12.5. The minimum Gasteiger partial charge on any atom is -0.578 e. The van der Waals surface area contributed by atoms with Crippen molar-refractivity contribution in [1.82, 2.24) is 10.3 Å². The van der Waals surface area contributed by atoms with Crippen molar-refractivity contribution in [3.8, 4) is 0 Å². The molecule has 1 aromatic carbocycles. The van der Waals surface area contributed by atoms with E-state index in [2.05, 4.69) is 21.3 Å². The molecule has 4 rings (SSSR count). The number of rotatable bonds is 7. The smallest absolute Gasteiger partial charge is 0.365 e. The Morgan fingerprint density at radius 2 is 2.06 bits per heavy atom. The number of alkyl halides is 2. The molecule has 3 atom stereocenters. The van der Waals surface area contributed by atoms with Gasteiger partial charge in [0.15, 0.2) is 0 Å². The van der Waals surface area contributed by atoms with Crippen molar-refractivity contribution < 1.29 is 18.6 Å². The number of nitrogens with two attached hydrogens (primary N) is 1. The summed E-state index contributed by atoms with van der Waals surface area (Å²) in [5.74, 6) is -1.39. The lowest BCUT2D eigenvalue weighted by Crippen LogP contribution is -2.50. The van der Waals surface area contributed by atoms with Crippen molar-refractivity contribution in [2.45, 2.75) is 70.2 Å². The fourth-order valence-electron chi connectivity index (χ4n) is 5.19. The monoisotopic (exact) mass is 490 g/mol. The molecule has 2 aliphatic rings. The number of benzene rings is 1. The lowest BCUT2D eigenvalue weighted by Gasteiger charge is -2.40. The number of halogens is 2. The number of hydrogen-bond donors (Lipinski definition) is 2. The van der Waals surface area contributed by atoms with E-state index in [1.54, 1.807) is 14.0 Å². The summed E-state index contributed by atoms with van der Waals surface area (Å²) in [5, 5.41) is 13.1. The quantitative estimate of drug-likeness (QED) is 0.352. The van der Waals surface area contributed by atoms with Crippen molar-refractivity contribution in [3.05, 3.63) is 35.4 Å². The first-order valence-electron chi connectivity index (χ1n) is 12.5. The van der Waals surface area contributed by atoms with Gasteiger partial charge in [-0.05, 0) is 51.3 Å². The van der Waals surface area contributed by atoms with E-state index < -0.39 is 12.1 Å². The molecule has 2 aromatic rings. The van der Waals surface area contributed by atoms with Crippen LogP contribution >= 0.6 is 0 Å². The highest BCUT2D eigenvalue weighted by Crippen LogP contribution is 2.34. The summed E-state index contributed by atoms with van der Waals surface area (Å²) in [6.07, 6.45) is 1.31. The zero-order chi connectivity index (χ0) is 25.2. The van der Waals surface area contributed by atoms with Gasteiger partial charge in [-0.3, -0.25) is 0 Å². The Morgan fingerprint density at radius 3 is 2.74 bits per heavy atom. The van der Waals surface area contributed by atoms with Crippen LogP contribution in [0, 0.1) is 12.8 Å². The van der Waals surface area contributed by atoms with Crippen LogP contribution in [0.25, 0.3) is 10.9 Å². The van der Waals surface area contributed by atoms with Crippen LogP contribution in [-0.2, 0) is 4.74 Å². The molecular formula is C26H38F2N5O2+. The first kappa shape index (κ1) is 25.7. The van der Waals surface area contributed by atoms with Crippen LogP contribution in [0.5, 0.6) is 0 Å². The topological polar surface area (TPSA) is 98.7 Å². The van der Waals surface area contributed by atoms with E-state index >= 15 is 0 Å². The molecule has 0 amide bonds. The van der Waals surface area contributed by atoms with Crippen molar-refractivity contribution in [1.29, 1.82) is 0 Å². The molecule has 1 aliphatic heterocycles. The second kappa shape index (κ2) is 10.7. The van der Waals surface area contributed by atoms with Gasteiger partial charge >= 0.3 is 5.90 Å². The zero-order valence-electron chi connectivity index (χ0n) is 20.9. The Balaban J connectivity index is 1.51. The molecule has 35 heavy (non-hydrogen) atoms. The minimum absolute atomic E-state index is 0.0365. The molecule has 2 fully saturated rings. The Bertz CT molecular complexity index is 1050. The molecule has 0 bridgehead atoms. The number of aliphatic imine (C=N–C) groups is 1. The number of methoxy groups -OCH3 is 1. The van der Waals surface area contributed by atoms with Crippen LogP contribution < -0.4 is 16.0 Å². The molecule has 1 aromatic heterocycles. The van der Waals surface area contributed by atoms with Crippen molar-refractivity contribution in [2.24, 2.45) is 16.6 Å². The molecule has 1 saturated carbocycles. The third kappa shape index (κ3) is 6.26. The van der Waals surface area contributed by atoms with Crippen LogP contribution in [-0.4, -0.2) is 67.0 Å². The summed E-state index contributed by atoms with van der Waals surface area (Å²) < 4.78 is 32.8. The molecule has 1 unspecified atom stereocenters. The fraction of sp³-hybridized carbons (Fsp3) is 0.615. The highest BCUT2D eigenvalue weighted by molar-refractivity contribution is 6.01. The predicted molar refractivity (Wildman–Crippen MR) is 137 cm³/mol. The van der Waals surface area contributed by atoms with Crippen molar-refractivity contribution in [2.75, 3.05) is 31.6 Å². The number of nitrogens with one attached hydrogen (secondary N) is 1. The lowest BCUT2D eigenvalue weighted by molar-refractivity contribution is -0.0415. The molecule has 7 nitrogen and oxygen atoms in total. The van der Waals surface area contributed by atoms with E-state index in [1.807, 2.05) is 25.1 Å². The molecule has 1 saturated heterocycles. The number of piperidine rings is 1. The summed E-state index contributed by atoms with van der Waals surface area (Å²) >= 11 is 0. The Hall–Kier alpha value is -2.36. The van der Waals surface area contributed by atoms with Crippen LogP contribution in [0.1, 0.15) is 50.2 Å². The van der Waals surface area contributed by atoms with Gasteiger partial charge in [0.1, 0.15) is 17.5 Å². The van der Waals surface area contributed by atoms with Crippen LogP contribution in [0.4, 0.5) is 14.6 Å². The molecule has 5 N–H and O–H groups in total. The van der Waals surface area contributed by atoms with Crippen molar-refractivity contribution >= 4 is 22.6 Å². The van der Waals surface area contributed by atoms with E-state index in [9.17, 15) is 8.78 Å². The third-order valence-electron chi connectivity index (χ3n) is 7.22. The minimum atomic E-state index is -2.51. The lowest BCUT2D eigenvalue weighted by atomic mass is 9.90. The van der Waals surface area contributed by atoms with Gasteiger partial charge in [0.05, 0.1) is 11.6 Å². The van der Waals surface area contributed by atoms with Gasteiger partial charge < -0.3 is 25.8 Å². The van der Waals surface area contributed by atoms with Gasteiger partial charge in [-0.15, -0.1) is 0 Å². The molecule has 0 spiro atoms. The maximum atomic E-state index is 13.5. The Labute approximate surface area is 205 Å². The fourth-order valence-corrected chi connectivity index (χ4v) is 5.19. The van der Waals surface area contributed by atoms with Crippen molar-refractivity contribution in [3.63, 3.8) is 0 Å². The number of hydrogen-bond acceptors (Lipinski definition) is 6. The van der Waals surface area contributed by atoms with Gasteiger partial charge in [0, 0.05) is 56.9 Å². The highest BCUT2D eigenvalue weighted by Gasteiger charge is 2.36. The maximum Gasteiger partial charge on any atom is 0.365 e. The summed E-state index contributed by atoms with van der Waals surface area (Å²) in [6, 6.07) is 8.22. The SMILES string of the molecule is CO[C@H]1CN(c2nc3ccc(C)cc3cc2/C([OH2+])=N/C(C)N)CC[C@H]1CNC1CCC(F)(F)CC1.